The van der Waals surface area contributed by atoms with Crippen LogP contribution in [-0.4, -0.2) is 37.6 Å². The highest BCUT2D eigenvalue weighted by Gasteiger charge is 2.52. The fraction of sp³-hybridized carbons (Fsp3) is 0.647. The molecular formula is C17H23ClN2. The van der Waals surface area contributed by atoms with Crippen molar-refractivity contribution >= 4 is 11.6 Å². The van der Waals surface area contributed by atoms with Gasteiger partial charge >= 0.3 is 0 Å². The van der Waals surface area contributed by atoms with E-state index < -0.39 is 0 Å². The van der Waals surface area contributed by atoms with Gasteiger partial charge in [0.2, 0.25) is 0 Å². The summed E-state index contributed by atoms with van der Waals surface area (Å²) in [5.41, 5.74) is 1.84. The predicted octanol–water partition coefficient (Wildman–Crippen LogP) is 3.13. The molecule has 3 heteroatoms. The number of nitrogens with zero attached hydrogens (tertiary/aromatic N) is 1. The Balaban J connectivity index is 1.75. The van der Waals surface area contributed by atoms with Gasteiger partial charge in [-0.25, -0.2) is 0 Å². The molecule has 1 N–H and O–H groups in total. The molecule has 1 aromatic carbocycles. The number of halogens is 1. The Bertz CT molecular complexity index is 496. The molecular weight excluding hydrogens is 268 g/mol. The van der Waals surface area contributed by atoms with Crippen LogP contribution in [0.4, 0.5) is 0 Å². The lowest BCUT2D eigenvalue weighted by atomic mass is 9.56. The number of fused-ring (bicyclic) bond motifs is 2. The van der Waals surface area contributed by atoms with E-state index in [1.54, 1.807) is 0 Å². The normalized spacial score (nSPS) is 40.1. The summed E-state index contributed by atoms with van der Waals surface area (Å²) in [5.74, 6) is 1.48. The fourth-order valence-electron chi connectivity index (χ4n) is 5.01. The van der Waals surface area contributed by atoms with Gasteiger partial charge in [0.25, 0.3) is 0 Å². The standard InChI is InChI=1S/C17H23ClN2/c18-16-4-2-1-3-14(16)15-11-19-8-7-17(15)12-20-9-5-13(17)6-10-20/h1-4,13,15,19H,5-12H2. The molecule has 1 aromatic rings. The number of hydrogen-bond acceptors (Lipinski definition) is 2. The molecule has 2 unspecified atom stereocenters. The monoisotopic (exact) mass is 290 g/mol. The summed E-state index contributed by atoms with van der Waals surface area (Å²) in [7, 11) is 0. The third-order valence-corrected chi connectivity index (χ3v) is 6.35. The largest absolute Gasteiger partial charge is 0.316 e. The number of benzene rings is 1. The third-order valence-electron chi connectivity index (χ3n) is 6.01. The molecule has 20 heavy (non-hydrogen) atoms. The summed E-state index contributed by atoms with van der Waals surface area (Å²) in [5, 5.41) is 4.57. The van der Waals surface area contributed by atoms with Crippen LogP contribution in [0.2, 0.25) is 5.02 Å². The van der Waals surface area contributed by atoms with Gasteiger partial charge in [-0.15, -0.1) is 0 Å². The van der Waals surface area contributed by atoms with Crippen LogP contribution in [-0.2, 0) is 0 Å². The lowest BCUT2D eigenvalue weighted by Gasteiger charge is -2.59. The topological polar surface area (TPSA) is 15.3 Å². The summed E-state index contributed by atoms with van der Waals surface area (Å²) in [4.78, 5) is 2.69. The summed E-state index contributed by atoms with van der Waals surface area (Å²) in [6, 6.07) is 8.50. The SMILES string of the molecule is Clc1ccccc1C1CNCCC12CN1CCC2CC1. The maximum Gasteiger partial charge on any atom is 0.0441 e. The Morgan fingerprint density at radius 1 is 1.20 bits per heavy atom. The minimum absolute atomic E-state index is 0.465. The zero-order valence-corrected chi connectivity index (χ0v) is 12.7. The Labute approximate surface area is 126 Å². The van der Waals surface area contributed by atoms with Crippen LogP contribution in [0.3, 0.4) is 0 Å². The van der Waals surface area contributed by atoms with Gasteiger partial charge < -0.3 is 10.2 Å². The zero-order chi connectivity index (χ0) is 13.6. The van der Waals surface area contributed by atoms with E-state index in [0.29, 0.717) is 11.3 Å². The second-order valence-electron chi connectivity index (χ2n) is 6.81. The predicted molar refractivity (Wildman–Crippen MR) is 83.3 cm³/mol. The van der Waals surface area contributed by atoms with Crippen molar-refractivity contribution in [1.82, 2.24) is 10.2 Å². The number of piperidine rings is 4. The molecule has 4 heterocycles. The molecule has 2 bridgehead atoms. The van der Waals surface area contributed by atoms with Crippen LogP contribution in [0.1, 0.15) is 30.7 Å². The van der Waals surface area contributed by atoms with Gasteiger partial charge in [0.1, 0.15) is 0 Å². The van der Waals surface area contributed by atoms with Gasteiger partial charge in [0.15, 0.2) is 0 Å². The zero-order valence-electron chi connectivity index (χ0n) is 11.9. The number of nitrogens with one attached hydrogen (secondary N) is 1. The van der Waals surface area contributed by atoms with E-state index in [1.807, 2.05) is 6.07 Å². The van der Waals surface area contributed by atoms with Gasteiger partial charge in [0.05, 0.1) is 0 Å². The molecule has 4 aliphatic heterocycles. The van der Waals surface area contributed by atoms with Crippen LogP contribution in [0, 0.1) is 11.3 Å². The first-order chi connectivity index (χ1) is 9.79. The summed E-state index contributed by atoms with van der Waals surface area (Å²) in [6.07, 6.45) is 4.09. The van der Waals surface area contributed by atoms with Crippen molar-refractivity contribution < 1.29 is 0 Å². The molecule has 5 rings (SSSR count). The van der Waals surface area contributed by atoms with Gasteiger partial charge in [-0.05, 0) is 61.9 Å². The maximum atomic E-state index is 6.52. The van der Waals surface area contributed by atoms with E-state index in [-0.39, 0.29) is 0 Å². The van der Waals surface area contributed by atoms with Crippen molar-refractivity contribution in [1.29, 1.82) is 0 Å². The van der Waals surface area contributed by atoms with E-state index in [0.717, 1.165) is 17.5 Å². The first kappa shape index (κ1) is 13.1. The van der Waals surface area contributed by atoms with Crippen molar-refractivity contribution in [2.75, 3.05) is 32.7 Å². The van der Waals surface area contributed by atoms with E-state index in [4.69, 9.17) is 11.6 Å². The van der Waals surface area contributed by atoms with Crippen molar-refractivity contribution in [3.63, 3.8) is 0 Å². The molecule has 4 aliphatic rings. The Hall–Kier alpha value is -0.570. The third kappa shape index (κ3) is 1.93. The molecule has 0 aromatic heterocycles. The minimum atomic E-state index is 0.465. The average Bonchev–Trinajstić information content (AvgIpc) is 2.50. The van der Waals surface area contributed by atoms with Crippen LogP contribution < -0.4 is 5.32 Å². The van der Waals surface area contributed by atoms with E-state index in [2.05, 4.69) is 28.4 Å². The van der Waals surface area contributed by atoms with Crippen molar-refractivity contribution in [3.8, 4) is 0 Å². The molecule has 4 saturated heterocycles. The number of rotatable bonds is 1. The highest BCUT2D eigenvalue weighted by molar-refractivity contribution is 6.31. The van der Waals surface area contributed by atoms with Crippen LogP contribution in [0.25, 0.3) is 0 Å². The van der Waals surface area contributed by atoms with Crippen molar-refractivity contribution in [3.05, 3.63) is 34.9 Å². The average molecular weight is 291 g/mol. The van der Waals surface area contributed by atoms with E-state index in [1.165, 1.54) is 51.0 Å². The second kappa shape index (κ2) is 5.01. The van der Waals surface area contributed by atoms with Crippen LogP contribution >= 0.6 is 11.6 Å². The lowest BCUT2D eigenvalue weighted by Crippen LogP contribution is -2.61. The molecule has 0 aliphatic carbocycles. The van der Waals surface area contributed by atoms with Gasteiger partial charge in [-0.3, -0.25) is 0 Å². The van der Waals surface area contributed by atoms with Gasteiger partial charge in [0, 0.05) is 24.0 Å². The summed E-state index contributed by atoms with van der Waals surface area (Å²) < 4.78 is 0. The molecule has 0 amide bonds. The molecule has 2 atom stereocenters. The maximum absolute atomic E-state index is 6.52. The molecule has 1 spiro atoms. The fourth-order valence-corrected chi connectivity index (χ4v) is 5.28. The minimum Gasteiger partial charge on any atom is -0.316 e. The van der Waals surface area contributed by atoms with E-state index >= 15 is 0 Å². The highest BCUT2D eigenvalue weighted by atomic mass is 35.5. The van der Waals surface area contributed by atoms with Gasteiger partial charge in [-0.1, -0.05) is 29.8 Å². The number of hydrogen-bond donors (Lipinski definition) is 1. The first-order valence-corrected chi connectivity index (χ1v) is 8.35. The summed E-state index contributed by atoms with van der Waals surface area (Å²) in [6.45, 7) is 6.18. The van der Waals surface area contributed by atoms with Crippen LogP contribution in [0.15, 0.2) is 24.3 Å². The Kier molecular flexibility index (Phi) is 3.29. The molecule has 4 fully saturated rings. The molecule has 0 radical (unpaired) electrons. The first-order valence-electron chi connectivity index (χ1n) is 7.97. The van der Waals surface area contributed by atoms with Crippen molar-refractivity contribution in [2.45, 2.75) is 25.2 Å². The molecule has 0 saturated carbocycles. The Morgan fingerprint density at radius 3 is 2.70 bits per heavy atom. The molecule has 108 valence electrons. The summed E-state index contributed by atoms with van der Waals surface area (Å²) >= 11 is 6.52. The van der Waals surface area contributed by atoms with E-state index in [9.17, 15) is 0 Å². The smallest absolute Gasteiger partial charge is 0.0441 e. The molecule has 2 nitrogen and oxygen atoms in total. The van der Waals surface area contributed by atoms with Gasteiger partial charge in [-0.2, -0.15) is 0 Å². The Morgan fingerprint density at radius 2 is 2.00 bits per heavy atom. The lowest BCUT2D eigenvalue weighted by molar-refractivity contribution is -0.0617. The van der Waals surface area contributed by atoms with Crippen molar-refractivity contribution in [2.24, 2.45) is 11.3 Å². The second-order valence-corrected chi connectivity index (χ2v) is 7.22. The highest BCUT2D eigenvalue weighted by Crippen LogP contribution is 2.54. The van der Waals surface area contributed by atoms with Crippen LogP contribution in [0.5, 0.6) is 0 Å². The quantitative estimate of drug-likeness (QED) is 0.855.